The Kier molecular flexibility index (Phi) is 4.39. The largest absolute Gasteiger partial charge is 0.340 e. The fourth-order valence-electron chi connectivity index (χ4n) is 3.04. The predicted molar refractivity (Wildman–Crippen MR) is 83.8 cm³/mol. The molecule has 0 unspecified atom stereocenters. The minimum absolute atomic E-state index is 0.0671. The zero-order valence-corrected chi connectivity index (χ0v) is 12.6. The van der Waals surface area contributed by atoms with E-state index in [-0.39, 0.29) is 29.9 Å². The average molecular weight is 316 g/mol. The normalized spacial score (nSPS) is 20.7. The number of carbonyl (C=O) groups is 1. The Labute approximate surface area is 133 Å². The third-order valence-corrected chi connectivity index (χ3v) is 4.29. The molecule has 0 bridgehead atoms. The zero-order valence-electron chi connectivity index (χ0n) is 12.6. The van der Waals surface area contributed by atoms with Crippen LogP contribution in [0.1, 0.15) is 17.0 Å². The van der Waals surface area contributed by atoms with Gasteiger partial charge in [-0.05, 0) is 23.8 Å². The van der Waals surface area contributed by atoms with E-state index in [0.717, 1.165) is 23.8 Å². The van der Waals surface area contributed by atoms with Gasteiger partial charge in [0.2, 0.25) is 5.91 Å². The van der Waals surface area contributed by atoms with Crippen molar-refractivity contribution in [3.63, 3.8) is 0 Å². The highest BCUT2D eigenvalue weighted by Gasteiger charge is 2.33. The van der Waals surface area contributed by atoms with Gasteiger partial charge in [-0.15, -0.1) is 0 Å². The summed E-state index contributed by atoms with van der Waals surface area (Å²) in [5.41, 5.74) is 7.32. The highest BCUT2D eigenvalue weighted by atomic mass is 19.1. The molecular formula is C18H18F2N2O. The summed E-state index contributed by atoms with van der Waals surface area (Å²) in [4.78, 5) is 14.0. The number of rotatable bonds is 3. The molecule has 2 aromatic carbocycles. The van der Waals surface area contributed by atoms with Crippen LogP contribution < -0.4 is 5.73 Å². The van der Waals surface area contributed by atoms with E-state index in [4.69, 9.17) is 5.73 Å². The summed E-state index contributed by atoms with van der Waals surface area (Å²) < 4.78 is 26.9. The summed E-state index contributed by atoms with van der Waals surface area (Å²) in [5, 5.41) is 0. The van der Waals surface area contributed by atoms with E-state index in [0.29, 0.717) is 13.1 Å². The van der Waals surface area contributed by atoms with Crippen molar-refractivity contribution in [2.45, 2.75) is 18.4 Å². The van der Waals surface area contributed by atoms with Crippen molar-refractivity contribution in [1.82, 2.24) is 4.90 Å². The Morgan fingerprint density at radius 1 is 1.13 bits per heavy atom. The standard InChI is InChI=1S/C18H18F2N2O/c19-14-6-7-16(20)13(8-14)9-18(23)22-10-15(17(21)11-22)12-4-2-1-3-5-12/h1-8,15,17H,9-11,21H2/t15-,17+/m0/s1. The lowest BCUT2D eigenvalue weighted by molar-refractivity contribution is -0.129. The van der Waals surface area contributed by atoms with E-state index in [2.05, 4.69) is 0 Å². The van der Waals surface area contributed by atoms with Crippen molar-refractivity contribution in [3.8, 4) is 0 Å². The van der Waals surface area contributed by atoms with Crippen LogP contribution >= 0.6 is 0 Å². The Morgan fingerprint density at radius 3 is 2.61 bits per heavy atom. The van der Waals surface area contributed by atoms with Gasteiger partial charge < -0.3 is 10.6 Å². The summed E-state index contributed by atoms with van der Waals surface area (Å²) >= 11 is 0. The molecule has 5 heteroatoms. The third kappa shape index (κ3) is 3.40. The van der Waals surface area contributed by atoms with Gasteiger partial charge in [0.25, 0.3) is 0 Å². The molecule has 1 aliphatic rings. The molecule has 0 saturated carbocycles. The van der Waals surface area contributed by atoms with Crippen molar-refractivity contribution >= 4 is 5.91 Å². The summed E-state index contributed by atoms with van der Waals surface area (Å²) in [5.74, 6) is -1.28. The first-order valence-electron chi connectivity index (χ1n) is 7.57. The fourth-order valence-corrected chi connectivity index (χ4v) is 3.04. The van der Waals surface area contributed by atoms with Crippen molar-refractivity contribution in [1.29, 1.82) is 0 Å². The van der Waals surface area contributed by atoms with Crippen LogP contribution in [0.25, 0.3) is 0 Å². The van der Waals surface area contributed by atoms with Crippen LogP contribution in [0.3, 0.4) is 0 Å². The van der Waals surface area contributed by atoms with E-state index >= 15 is 0 Å². The molecule has 2 N–H and O–H groups in total. The smallest absolute Gasteiger partial charge is 0.227 e. The van der Waals surface area contributed by atoms with Gasteiger partial charge in [-0.1, -0.05) is 30.3 Å². The molecule has 0 radical (unpaired) electrons. The second kappa shape index (κ2) is 6.46. The molecule has 0 spiro atoms. The molecule has 1 saturated heterocycles. The molecule has 2 atom stereocenters. The highest BCUT2D eigenvalue weighted by molar-refractivity contribution is 5.79. The van der Waals surface area contributed by atoms with E-state index in [1.807, 2.05) is 30.3 Å². The second-order valence-electron chi connectivity index (χ2n) is 5.89. The van der Waals surface area contributed by atoms with Crippen molar-refractivity contribution in [2.75, 3.05) is 13.1 Å². The molecular weight excluding hydrogens is 298 g/mol. The maximum atomic E-state index is 13.7. The quantitative estimate of drug-likeness (QED) is 0.945. The number of nitrogens with two attached hydrogens (primary N) is 1. The molecule has 3 nitrogen and oxygen atoms in total. The SMILES string of the molecule is N[C@@H]1CN(C(=O)Cc2cc(F)ccc2F)C[C@H]1c1ccccc1. The number of hydrogen-bond acceptors (Lipinski definition) is 2. The predicted octanol–water partition coefficient (Wildman–Crippen LogP) is 2.46. The lowest BCUT2D eigenvalue weighted by atomic mass is 9.95. The fraction of sp³-hybridized carbons (Fsp3) is 0.278. The molecule has 120 valence electrons. The lowest BCUT2D eigenvalue weighted by Gasteiger charge is -2.17. The first kappa shape index (κ1) is 15.6. The van der Waals surface area contributed by atoms with Crippen molar-refractivity contribution < 1.29 is 13.6 Å². The van der Waals surface area contributed by atoms with Gasteiger partial charge in [0, 0.05) is 30.6 Å². The molecule has 23 heavy (non-hydrogen) atoms. The van der Waals surface area contributed by atoms with Gasteiger partial charge in [-0.25, -0.2) is 8.78 Å². The first-order valence-corrected chi connectivity index (χ1v) is 7.57. The van der Waals surface area contributed by atoms with E-state index in [1.165, 1.54) is 0 Å². The average Bonchev–Trinajstić information content (AvgIpc) is 2.94. The Hall–Kier alpha value is -2.27. The highest BCUT2D eigenvalue weighted by Crippen LogP contribution is 2.27. The van der Waals surface area contributed by atoms with Gasteiger partial charge in [-0.3, -0.25) is 4.79 Å². The molecule has 1 aliphatic heterocycles. The van der Waals surface area contributed by atoms with Gasteiger partial charge in [0.15, 0.2) is 0 Å². The van der Waals surface area contributed by atoms with Crippen LogP contribution in [0.5, 0.6) is 0 Å². The Morgan fingerprint density at radius 2 is 1.87 bits per heavy atom. The zero-order chi connectivity index (χ0) is 16.4. The minimum atomic E-state index is -0.567. The number of carbonyl (C=O) groups excluding carboxylic acids is 1. The molecule has 2 aromatic rings. The Balaban J connectivity index is 1.71. The summed E-state index contributed by atoms with van der Waals surface area (Å²) in [7, 11) is 0. The van der Waals surface area contributed by atoms with Crippen LogP contribution in [0.15, 0.2) is 48.5 Å². The topological polar surface area (TPSA) is 46.3 Å². The van der Waals surface area contributed by atoms with Crippen molar-refractivity contribution in [3.05, 3.63) is 71.3 Å². The van der Waals surface area contributed by atoms with Crippen LogP contribution in [0.4, 0.5) is 8.78 Å². The number of nitrogens with zero attached hydrogens (tertiary/aromatic N) is 1. The van der Waals surface area contributed by atoms with Crippen LogP contribution in [-0.4, -0.2) is 29.9 Å². The second-order valence-corrected chi connectivity index (χ2v) is 5.89. The number of halogens is 2. The van der Waals surface area contributed by atoms with Crippen LogP contribution in [0, 0.1) is 11.6 Å². The summed E-state index contributed by atoms with van der Waals surface area (Å²) in [6.07, 6.45) is -0.155. The molecule has 1 amide bonds. The molecule has 3 rings (SSSR count). The van der Waals surface area contributed by atoms with Gasteiger partial charge in [-0.2, -0.15) is 0 Å². The molecule has 0 aliphatic carbocycles. The summed E-state index contributed by atoms with van der Waals surface area (Å²) in [6, 6.07) is 12.8. The van der Waals surface area contributed by atoms with Gasteiger partial charge in [0.1, 0.15) is 11.6 Å². The maximum absolute atomic E-state index is 13.7. The first-order chi connectivity index (χ1) is 11.0. The molecule has 1 fully saturated rings. The van der Waals surface area contributed by atoms with E-state index in [9.17, 15) is 13.6 Å². The maximum Gasteiger partial charge on any atom is 0.227 e. The van der Waals surface area contributed by atoms with Gasteiger partial charge >= 0.3 is 0 Å². The van der Waals surface area contributed by atoms with E-state index in [1.54, 1.807) is 4.90 Å². The van der Waals surface area contributed by atoms with Crippen LogP contribution in [0.2, 0.25) is 0 Å². The number of benzene rings is 2. The molecule has 0 aromatic heterocycles. The number of hydrogen-bond donors (Lipinski definition) is 1. The minimum Gasteiger partial charge on any atom is -0.340 e. The van der Waals surface area contributed by atoms with Crippen molar-refractivity contribution in [2.24, 2.45) is 5.73 Å². The van der Waals surface area contributed by atoms with Crippen LogP contribution in [-0.2, 0) is 11.2 Å². The lowest BCUT2D eigenvalue weighted by Crippen LogP contribution is -2.33. The monoisotopic (exact) mass is 316 g/mol. The third-order valence-electron chi connectivity index (χ3n) is 4.29. The van der Waals surface area contributed by atoms with E-state index < -0.39 is 11.6 Å². The number of likely N-dealkylation sites (tertiary alicyclic amines) is 1. The van der Waals surface area contributed by atoms with Gasteiger partial charge in [0.05, 0.1) is 6.42 Å². The Bertz CT molecular complexity index is 705. The molecule has 1 heterocycles. The summed E-state index contributed by atoms with van der Waals surface area (Å²) in [6.45, 7) is 0.927. The number of amides is 1.